The molecule has 3 aromatic rings. The first-order chi connectivity index (χ1) is 11.0. The van der Waals surface area contributed by atoms with Crippen molar-refractivity contribution in [1.29, 1.82) is 0 Å². The zero-order valence-electron chi connectivity index (χ0n) is 11.5. The molecule has 9 heteroatoms. The van der Waals surface area contributed by atoms with E-state index in [2.05, 4.69) is 15.2 Å². The fraction of sp³-hybridized carbons (Fsp3) is 0.143. The van der Waals surface area contributed by atoms with Gasteiger partial charge < -0.3 is 14.6 Å². The third-order valence-electron chi connectivity index (χ3n) is 2.86. The van der Waals surface area contributed by atoms with Crippen LogP contribution in [0, 0.1) is 5.82 Å². The molecule has 0 aliphatic heterocycles. The van der Waals surface area contributed by atoms with Crippen LogP contribution in [0.25, 0.3) is 22.9 Å². The number of nitrogens with one attached hydrogen (secondary N) is 1. The van der Waals surface area contributed by atoms with Crippen molar-refractivity contribution in [2.45, 2.75) is 11.4 Å². The number of H-pyrrole nitrogens is 1. The second kappa shape index (κ2) is 6.71. The average molecular weight is 356 g/mol. The van der Waals surface area contributed by atoms with E-state index >= 15 is 0 Å². The highest BCUT2D eigenvalue weighted by atomic mass is 35.5. The Balaban J connectivity index is 1.83. The molecule has 2 aromatic heterocycles. The van der Waals surface area contributed by atoms with Crippen molar-refractivity contribution in [3.8, 4) is 22.9 Å². The minimum absolute atomic E-state index is 0.0500. The number of furan rings is 1. The predicted molar refractivity (Wildman–Crippen MR) is 83.4 cm³/mol. The molecular weight excluding hydrogens is 345 g/mol. The Morgan fingerprint density at radius 1 is 1.26 bits per heavy atom. The predicted octanol–water partition coefficient (Wildman–Crippen LogP) is 2.93. The van der Waals surface area contributed by atoms with Crippen LogP contribution in [0.15, 0.2) is 39.9 Å². The number of nitrogens with zero attached hydrogens (tertiary/aromatic N) is 2. The summed E-state index contributed by atoms with van der Waals surface area (Å²) in [6.45, 7) is 0. The normalized spacial score (nSPS) is 11.3. The lowest BCUT2D eigenvalue weighted by atomic mass is 10.1. The highest BCUT2D eigenvalue weighted by Crippen LogP contribution is 2.30. The molecule has 0 fully saturated rings. The maximum Gasteiger partial charge on any atom is 0.209 e. The molecule has 0 aliphatic carbocycles. The van der Waals surface area contributed by atoms with Gasteiger partial charge in [-0.3, -0.25) is 5.10 Å². The van der Waals surface area contributed by atoms with Crippen molar-refractivity contribution < 1.29 is 19.0 Å². The van der Waals surface area contributed by atoms with Gasteiger partial charge in [0.05, 0.1) is 11.3 Å². The van der Waals surface area contributed by atoms with Gasteiger partial charge in [-0.25, -0.2) is 4.39 Å². The Morgan fingerprint density at radius 3 is 2.83 bits per heavy atom. The number of hydrogen-bond donors (Lipinski definition) is 3. The van der Waals surface area contributed by atoms with Gasteiger partial charge in [-0.05, 0) is 30.3 Å². The standard InChI is InChI=1S/C14H11ClFN3O3S/c15-7-1-2-9(16)8(5-7)10-3-4-11(22-10)13-17-14(19-18-13)23-6-12(20)21/h1-5,12,20-21H,6H2,(H,17,18,19). The number of thioether (sulfide) groups is 1. The summed E-state index contributed by atoms with van der Waals surface area (Å²) in [5, 5.41) is 25.0. The van der Waals surface area contributed by atoms with Crippen LogP contribution >= 0.6 is 23.4 Å². The molecule has 0 amide bonds. The van der Waals surface area contributed by atoms with Crippen LogP contribution in [0.5, 0.6) is 0 Å². The van der Waals surface area contributed by atoms with Crippen LogP contribution in [-0.4, -0.2) is 37.4 Å². The first kappa shape index (κ1) is 16.0. The van der Waals surface area contributed by atoms with Crippen LogP contribution in [0.2, 0.25) is 5.02 Å². The molecule has 0 unspecified atom stereocenters. The number of benzene rings is 1. The lowest BCUT2D eigenvalue weighted by Crippen LogP contribution is -2.07. The van der Waals surface area contributed by atoms with Crippen molar-refractivity contribution in [2.24, 2.45) is 0 Å². The van der Waals surface area contributed by atoms with Gasteiger partial charge in [0, 0.05) is 5.02 Å². The molecule has 0 saturated heterocycles. The minimum Gasteiger partial charge on any atom is -0.453 e. The average Bonchev–Trinajstić information content (AvgIpc) is 3.16. The van der Waals surface area contributed by atoms with Crippen molar-refractivity contribution in [1.82, 2.24) is 15.2 Å². The molecule has 3 rings (SSSR count). The topological polar surface area (TPSA) is 95.2 Å². The molecule has 0 spiro atoms. The molecular formula is C14H11ClFN3O3S. The third kappa shape index (κ3) is 3.73. The van der Waals surface area contributed by atoms with Gasteiger partial charge in [0.15, 0.2) is 17.9 Å². The van der Waals surface area contributed by atoms with Gasteiger partial charge in [0.2, 0.25) is 5.16 Å². The molecule has 0 bridgehead atoms. The summed E-state index contributed by atoms with van der Waals surface area (Å²) in [7, 11) is 0. The quantitative estimate of drug-likeness (QED) is 0.481. The number of hydrogen-bond acceptors (Lipinski definition) is 6. The highest BCUT2D eigenvalue weighted by molar-refractivity contribution is 7.99. The Labute approximate surface area is 139 Å². The van der Waals surface area contributed by atoms with Crippen LogP contribution in [0.3, 0.4) is 0 Å². The Kier molecular flexibility index (Phi) is 4.67. The van der Waals surface area contributed by atoms with Crippen LogP contribution in [0.1, 0.15) is 0 Å². The van der Waals surface area contributed by atoms with Crippen molar-refractivity contribution in [3.05, 3.63) is 41.2 Å². The van der Waals surface area contributed by atoms with E-state index in [1.165, 1.54) is 18.2 Å². The monoisotopic (exact) mass is 355 g/mol. The van der Waals surface area contributed by atoms with Crippen LogP contribution in [0.4, 0.5) is 4.39 Å². The van der Waals surface area contributed by atoms with Gasteiger partial charge in [-0.2, -0.15) is 4.98 Å². The lowest BCUT2D eigenvalue weighted by Gasteiger charge is -2.00. The fourth-order valence-corrected chi connectivity index (χ4v) is 2.60. The van der Waals surface area contributed by atoms with E-state index < -0.39 is 12.1 Å². The third-order valence-corrected chi connectivity index (χ3v) is 4.00. The molecule has 0 saturated carbocycles. The van der Waals surface area contributed by atoms with E-state index in [0.717, 1.165) is 11.8 Å². The van der Waals surface area contributed by atoms with E-state index in [1.807, 2.05) is 0 Å². The summed E-state index contributed by atoms with van der Waals surface area (Å²) in [6, 6.07) is 7.44. The summed E-state index contributed by atoms with van der Waals surface area (Å²) in [6.07, 6.45) is -1.44. The molecule has 23 heavy (non-hydrogen) atoms. The Morgan fingerprint density at radius 2 is 2.04 bits per heavy atom. The maximum absolute atomic E-state index is 13.8. The van der Waals surface area contributed by atoms with Crippen LogP contribution < -0.4 is 0 Å². The first-order valence-corrected chi connectivity index (χ1v) is 7.86. The second-order valence-electron chi connectivity index (χ2n) is 4.55. The lowest BCUT2D eigenvalue weighted by molar-refractivity contribution is -0.0186. The van der Waals surface area contributed by atoms with Gasteiger partial charge in [0.25, 0.3) is 0 Å². The van der Waals surface area contributed by atoms with Crippen molar-refractivity contribution in [3.63, 3.8) is 0 Å². The molecule has 6 nitrogen and oxygen atoms in total. The summed E-state index contributed by atoms with van der Waals surface area (Å²) in [5.41, 5.74) is 0.251. The summed E-state index contributed by atoms with van der Waals surface area (Å²) >= 11 is 6.95. The van der Waals surface area contributed by atoms with E-state index in [4.69, 9.17) is 26.2 Å². The summed E-state index contributed by atoms with van der Waals surface area (Å²) in [5.74, 6) is 0.656. The number of aliphatic hydroxyl groups is 2. The summed E-state index contributed by atoms with van der Waals surface area (Å²) < 4.78 is 19.4. The van der Waals surface area contributed by atoms with Crippen molar-refractivity contribution in [2.75, 3.05) is 5.75 Å². The molecule has 3 N–H and O–H groups in total. The van der Waals surface area contributed by atoms with Crippen molar-refractivity contribution >= 4 is 23.4 Å². The Bertz CT molecular complexity index is 821. The SMILES string of the molecule is OC(O)CSc1n[nH]c(-c2ccc(-c3cc(Cl)ccc3F)o2)n1. The summed E-state index contributed by atoms with van der Waals surface area (Å²) in [4.78, 5) is 4.16. The van der Waals surface area contributed by atoms with Gasteiger partial charge in [0.1, 0.15) is 11.6 Å². The van der Waals surface area contributed by atoms with E-state index in [0.29, 0.717) is 27.5 Å². The molecule has 2 heterocycles. The molecule has 0 atom stereocenters. The minimum atomic E-state index is -1.44. The molecule has 0 aliphatic rings. The van der Waals surface area contributed by atoms with Gasteiger partial charge >= 0.3 is 0 Å². The zero-order chi connectivity index (χ0) is 16.4. The van der Waals surface area contributed by atoms with Crippen LogP contribution in [-0.2, 0) is 0 Å². The second-order valence-corrected chi connectivity index (χ2v) is 5.97. The van der Waals surface area contributed by atoms with E-state index in [1.54, 1.807) is 12.1 Å². The number of rotatable bonds is 5. The number of aromatic nitrogens is 3. The van der Waals surface area contributed by atoms with E-state index in [-0.39, 0.29) is 11.3 Å². The number of aromatic amines is 1. The molecule has 1 aromatic carbocycles. The zero-order valence-corrected chi connectivity index (χ0v) is 13.1. The largest absolute Gasteiger partial charge is 0.453 e. The smallest absolute Gasteiger partial charge is 0.209 e. The maximum atomic E-state index is 13.8. The highest BCUT2D eigenvalue weighted by Gasteiger charge is 2.14. The number of halogens is 2. The Hall–Kier alpha value is -1.87. The molecule has 120 valence electrons. The first-order valence-electron chi connectivity index (χ1n) is 6.50. The fourth-order valence-electron chi connectivity index (χ4n) is 1.87. The molecule has 0 radical (unpaired) electrons. The van der Waals surface area contributed by atoms with E-state index in [9.17, 15) is 4.39 Å². The van der Waals surface area contributed by atoms with Gasteiger partial charge in [-0.1, -0.05) is 23.4 Å². The van der Waals surface area contributed by atoms with Gasteiger partial charge in [-0.15, -0.1) is 5.10 Å². The number of aliphatic hydroxyl groups excluding tert-OH is 1.